The summed E-state index contributed by atoms with van der Waals surface area (Å²) in [4.78, 5) is 5.45. The van der Waals surface area contributed by atoms with Gasteiger partial charge < -0.3 is 9.80 Å². The van der Waals surface area contributed by atoms with Crippen LogP contribution in [0.5, 0.6) is 0 Å². The number of hydrogen-bond donors (Lipinski definition) is 0. The van der Waals surface area contributed by atoms with E-state index < -0.39 is 0 Å². The Morgan fingerprint density at radius 1 is 0.289 bits per heavy atom. The second kappa shape index (κ2) is 34.7. The quantitative estimate of drug-likeness (QED) is 0.0630. The Kier molecular flexibility index (Phi) is 32.6. The van der Waals surface area contributed by atoms with Crippen molar-refractivity contribution in [2.45, 2.75) is 252 Å². The Bertz CT molecular complexity index is 586. The lowest BCUT2D eigenvalue weighted by Crippen LogP contribution is -2.39. The Hall–Kier alpha value is -0.660. The van der Waals surface area contributed by atoms with Gasteiger partial charge in [0.05, 0.1) is 0 Å². The lowest BCUT2D eigenvalue weighted by molar-refractivity contribution is 0.135. The molecule has 1 unspecified atom stereocenters. The number of unbranched alkanes of at least 4 members (excludes halogenated alkanes) is 31. The minimum absolute atomic E-state index is 0.638. The van der Waals surface area contributed by atoms with Gasteiger partial charge in [-0.25, -0.2) is 0 Å². The predicted molar refractivity (Wildman–Crippen MR) is 205 cm³/mol. The molecule has 0 saturated heterocycles. The highest BCUT2D eigenvalue weighted by Crippen LogP contribution is 2.24. The van der Waals surface area contributed by atoms with Gasteiger partial charge >= 0.3 is 0 Å². The first-order chi connectivity index (χ1) is 22.3. The normalized spacial score (nSPS) is 14.8. The van der Waals surface area contributed by atoms with Crippen molar-refractivity contribution in [1.29, 1.82) is 0 Å². The van der Waals surface area contributed by atoms with Gasteiger partial charge in [-0.2, -0.15) is 0 Å². The molecule has 0 N–H and O–H groups in total. The monoisotopic (exact) mass is 631 g/mol. The number of nitrogens with zero attached hydrogens (tertiary/aromatic N) is 2. The molecule has 0 bridgehead atoms. The summed E-state index contributed by atoms with van der Waals surface area (Å²) in [5, 5.41) is 0. The van der Waals surface area contributed by atoms with E-state index in [0.717, 1.165) is 0 Å². The molecular weight excluding hydrogens is 544 g/mol. The highest BCUT2D eigenvalue weighted by molar-refractivity contribution is 4.97. The highest BCUT2D eigenvalue weighted by Gasteiger charge is 2.24. The molecule has 0 spiro atoms. The molecule has 0 aliphatic carbocycles. The van der Waals surface area contributed by atoms with Gasteiger partial charge in [-0.15, -0.1) is 0 Å². The van der Waals surface area contributed by atoms with Crippen molar-refractivity contribution in [2.75, 3.05) is 13.1 Å². The largest absolute Gasteiger partial charge is 0.356 e. The Labute approximate surface area is 286 Å². The predicted octanol–water partition coefficient (Wildman–Crippen LogP) is 15.1. The van der Waals surface area contributed by atoms with Crippen LogP contribution in [0.15, 0.2) is 12.4 Å². The van der Waals surface area contributed by atoms with Crippen molar-refractivity contribution in [3.05, 3.63) is 12.4 Å². The number of hydrogen-bond acceptors (Lipinski definition) is 2. The third kappa shape index (κ3) is 27.0. The fraction of sp³-hybridized carbons (Fsp3) is 0.953. The van der Waals surface area contributed by atoms with E-state index in [4.69, 9.17) is 0 Å². The molecule has 1 rings (SSSR count). The van der Waals surface area contributed by atoms with E-state index in [9.17, 15) is 0 Å². The van der Waals surface area contributed by atoms with Crippen LogP contribution >= 0.6 is 0 Å². The molecule has 2 nitrogen and oxygen atoms in total. The van der Waals surface area contributed by atoms with E-state index >= 15 is 0 Å². The van der Waals surface area contributed by atoms with Crippen LogP contribution in [0.4, 0.5) is 0 Å². The highest BCUT2D eigenvalue weighted by atomic mass is 15.4. The third-order valence-corrected chi connectivity index (χ3v) is 10.6. The molecule has 1 aliphatic rings. The van der Waals surface area contributed by atoms with Crippen LogP contribution in [0.1, 0.15) is 245 Å². The summed E-state index contributed by atoms with van der Waals surface area (Å²) in [6.45, 7) is 9.49. The zero-order chi connectivity index (χ0) is 32.3. The van der Waals surface area contributed by atoms with Gasteiger partial charge in [0.1, 0.15) is 6.17 Å². The van der Waals surface area contributed by atoms with Crippen LogP contribution in [0.2, 0.25) is 0 Å². The molecule has 268 valence electrons. The fourth-order valence-corrected chi connectivity index (χ4v) is 7.42. The van der Waals surface area contributed by atoms with Crippen molar-refractivity contribution >= 4 is 0 Å². The van der Waals surface area contributed by atoms with E-state index in [-0.39, 0.29) is 0 Å². The van der Waals surface area contributed by atoms with Gasteiger partial charge in [-0.05, 0) is 25.7 Å². The van der Waals surface area contributed by atoms with Crippen LogP contribution in [0, 0.1) is 0 Å². The fourth-order valence-electron chi connectivity index (χ4n) is 7.42. The first-order valence-corrected chi connectivity index (χ1v) is 21.5. The maximum absolute atomic E-state index is 2.73. The van der Waals surface area contributed by atoms with E-state index in [0.29, 0.717) is 6.17 Å². The number of rotatable bonds is 37. The molecule has 1 atom stereocenters. The van der Waals surface area contributed by atoms with Crippen LogP contribution in [-0.4, -0.2) is 29.1 Å². The van der Waals surface area contributed by atoms with E-state index in [1.54, 1.807) is 0 Å². The maximum atomic E-state index is 2.73. The lowest BCUT2D eigenvalue weighted by Gasteiger charge is -2.33. The smallest absolute Gasteiger partial charge is 0.101 e. The third-order valence-electron chi connectivity index (χ3n) is 10.6. The molecule has 2 heteroatoms. The molecular formula is C43H86N2. The molecule has 0 saturated carbocycles. The van der Waals surface area contributed by atoms with Crippen LogP contribution < -0.4 is 0 Å². The molecule has 1 aliphatic heterocycles. The zero-order valence-corrected chi connectivity index (χ0v) is 31.8. The maximum Gasteiger partial charge on any atom is 0.101 e. The minimum atomic E-state index is 0.638. The molecule has 0 aromatic carbocycles. The van der Waals surface area contributed by atoms with Gasteiger partial charge in [-0.3, -0.25) is 0 Å². The molecule has 0 fully saturated rings. The Morgan fingerprint density at radius 3 is 0.778 bits per heavy atom. The van der Waals surface area contributed by atoms with Gasteiger partial charge in [0.15, 0.2) is 0 Å². The standard InChI is InChI=1S/C43H86N2/c1-4-7-10-13-16-19-22-23-25-28-31-34-37-40-45-42-41-44(39-36-33-30-27-21-18-15-12-9-6-3)43(45)38-35-32-29-26-24-20-17-14-11-8-5-2/h41-43H,4-40H2,1-3H3. The van der Waals surface area contributed by atoms with Crippen molar-refractivity contribution in [3.63, 3.8) is 0 Å². The summed E-state index contributed by atoms with van der Waals surface area (Å²) in [6.07, 6.45) is 55.9. The van der Waals surface area contributed by atoms with Crippen molar-refractivity contribution in [3.8, 4) is 0 Å². The van der Waals surface area contributed by atoms with Crippen molar-refractivity contribution in [2.24, 2.45) is 0 Å². The Balaban J connectivity index is 2.22. The van der Waals surface area contributed by atoms with Crippen LogP contribution in [0.25, 0.3) is 0 Å². The molecule has 0 aromatic heterocycles. The average Bonchev–Trinajstić information content (AvgIpc) is 3.43. The zero-order valence-electron chi connectivity index (χ0n) is 31.8. The molecule has 1 heterocycles. The average molecular weight is 631 g/mol. The van der Waals surface area contributed by atoms with Crippen molar-refractivity contribution < 1.29 is 0 Å². The second-order valence-electron chi connectivity index (χ2n) is 15.0. The topological polar surface area (TPSA) is 6.48 Å². The van der Waals surface area contributed by atoms with Crippen molar-refractivity contribution in [1.82, 2.24) is 9.80 Å². The Morgan fingerprint density at radius 2 is 0.511 bits per heavy atom. The summed E-state index contributed by atoms with van der Waals surface area (Å²) in [5.41, 5.74) is 0. The van der Waals surface area contributed by atoms with E-state index in [1.165, 1.54) is 238 Å². The van der Waals surface area contributed by atoms with Crippen LogP contribution in [-0.2, 0) is 0 Å². The van der Waals surface area contributed by atoms with Gasteiger partial charge in [-0.1, -0.05) is 220 Å². The second-order valence-corrected chi connectivity index (χ2v) is 15.0. The summed E-state index contributed by atoms with van der Waals surface area (Å²) in [6, 6.07) is 0. The molecule has 0 amide bonds. The molecule has 0 aromatic rings. The summed E-state index contributed by atoms with van der Waals surface area (Å²) in [7, 11) is 0. The summed E-state index contributed by atoms with van der Waals surface area (Å²) >= 11 is 0. The summed E-state index contributed by atoms with van der Waals surface area (Å²) in [5.74, 6) is 0. The van der Waals surface area contributed by atoms with Gasteiger partial charge in [0, 0.05) is 25.5 Å². The first-order valence-electron chi connectivity index (χ1n) is 21.5. The SMILES string of the molecule is CCCCCCCCCCCCCCCN1C=CN(CCCCCCCCCCCC)C1CCCCCCCCCCCCC. The lowest BCUT2D eigenvalue weighted by atomic mass is 10.0. The summed E-state index contributed by atoms with van der Waals surface area (Å²) < 4.78 is 0. The van der Waals surface area contributed by atoms with Gasteiger partial charge in [0.25, 0.3) is 0 Å². The van der Waals surface area contributed by atoms with Gasteiger partial charge in [0.2, 0.25) is 0 Å². The first kappa shape index (κ1) is 42.4. The van der Waals surface area contributed by atoms with E-state index in [1.807, 2.05) is 0 Å². The molecule has 45 heavy (non-hydrogen) atoms. The van der Waals surface area contributed by atoms with Crippen LogP contribution in [0.3, 0.4) is 0 Å². The van der Waals surface area contributed by atoms with E-state index in [2.05, 4.69) is 43.0 Å². The minimum Gasteiger partial charge on any atom is -0.356 e. The molecule has 0 radical (unpaired) electrons.